The number of nitrogens with zero attached hydrogens (tertiary/aromatic N) is 6. The summed E-state index contributed by atoms with van der Waals surface area (Å²) in [5.41, 5.74) is 2.16. The number of piperidine rings is 1. The maximum Gasteiger partial charge on any atom is 0.135 e. The molecule has 0 radical (unpaired) electrons. The van der Waals surface area contributed by atoms with Crippen molar-refractivity contribution in [2.24, 2.45) is 0 Å². The van der Waals surface area contributed by atoms with Crippen LogP contribution in [-0.4, -0.2) is 44.2 Å². The summed E-state index contributed by atoms with van der Waals surface area (Å²) in [6.45, 7) is 6.38. The third-order valence-corrected chi connectivity index (χ3v) is 4.29. The van der Waals surface area contributed by atoms with E-state index < -0.39 is 0 Å². The van der Waals surface area contributed by atoms with Crippen molar-refractivity contribution in [3.05, 3.63) is 29.5 Å². The maximum atomic E-state index is 5.94. The fraction of sp³-hybridized carbons (Fsp3) is 0.571. The highest BCUT2D eigenvalue weighted by Crippen LogP contribution is 2.32. The van der Waals surface area contributed by atoms with E-state index in [1.807, 2.05) is 17.8 Å². The van der Waals surface area contributed by atoms with Crippen LogP contribution in [-0.2, 0) is 11.3 Å². The van der Waals surface area contributed by atoms with E-state index in [0.717, 1.165) is 42.4 Å². The fourth-order valence-electron chi connectivity index (χ4n) is 3.21. The van der Waals surface area contributed by atoms with Gasteiger partial charge < -0.3 is 9.64 Å². The summed E-state index contributed by atoms with van der Waals surface area (Å²) >= 11 is 0. The molecule has 4 rings (SSSR count). The number of hydrogen-bond donors (Lipinski definition) is 0. The first-order valence-electron chi connectivity index (χ1n) is 7.28. The average Bonchev–Trinajstić information content (AvgIpc) is 2.98. The summed E-state index contributed by atoms with van der Waals surface area (Å²) in [5.74, 6) is 1.83. The number of anilines is 1. The molecule has 2 aromatic rings. The number of aryl methyl sites for hydroxylation is 2. The van der Waals surface area contributed by atoms with E-state index in [-0.39, 0.29) is 12.1 Å². The molecule has 2 aliphatic heterocycles. The molecule has 4 heterocycles. The summed E-state index contributed by atoms with van der Waals surface area (Å²) in [5, 5.41) is 8.25. The lowest BCUT2D eigenvalue weighted by molar-refractivity contribution is -0.0373. The molecular formula is C14H18N6O. The monoisotopic (exact) mass is 286 g/mol. The Morgan fingerprint density at radius 2 is 2.19 bits per heavy atom. The van der Waals surface area contributed by atoms with Crippen LogP contribution in [0.15, 0.2) is 12.4 Å². The number of hydrogen-bond acceptors (Lipinski definition) is 6. The van der Waals surface area contributed by atoms with Crippen LogP contribution in [0.5, 0.6) is 0 Å². The van der Waals surface area contributed by atoms with E-state index >= 15 is 0 Å². The summed E-state index contributed by atoms with van der Waals surface area (Å²) in [6.07, 6.45) is 4.88. The smallest absolute Gasteiger partial charge is 0.135 e. The second-order valence-electron chi connectivity index (χ2n) is 5.75. The Hall–Kier alpha value is -2.02. The molecule has 2 atom stereocenters. The van der Waals surface area contributed by atoms with Crippen LogP contribution in [0, 0.1) is 13.8 Å². The quantitative estimate of drug-likeness (QED) is 0.780. The molecule has 0 aromatic carbocycles. The van der Waals surface area contributed by atoms with E-state index in [1.54, 1.807) is 6.20 Å². The van der Waals surface area contributed by atoms with Crippen LogP contribution in [0.1, 0.15) is 29.5 Å². The van der Waals surface area contributed by atoms with Crippen LogP contribution >= 0.6 is 0 Å². The van der Waals surface area contributed by atoms with Crippen molar-refractivity contribution < 1.29 is 4.74 Å². The van der Waals surface area contributed by atoms with Gasteiger partial charge in [0.2, 0.25) is 0 Å². The molecule has 2 aromatic heterocycles. The highest BCUT2D eigenvalue weighted by molar-refractivity contribution is 5.46. The van der Waals surface area contributed by atoms with E-state index in [1.165, 1.54) is 0 Å². The van der Waals surface area contributed by atoms with E-state index in [2.05, 4.69) is 32.1 Å². The normalized spacial score (nSPS) is 24.6. The first kappa shape index (κ1) is 12.7. The third kappa shape index (κ3) is 2.08. The molecule has 21 heavy (non-hydrogen) atoms. The lowest BCUT2D eigenvalue weighted by Gasteiger charge is -2.41. The lowest BCUT2D eigenvalue weighted by atomic mass is 10.00. The summed E-state index contributed by atoms with van der Waals surface area (Å²) in [7, 11) is 0. The molecule has 0 unspecified atom stereocenters. The Morgan fingerprint density at radius 3 is 3.10 bits per heavy atom. The fourth-order valence-corrected chi connectivity index (χ4v) is 3.21. The van der Waals surface area contributed by atoms with Gasteiger partial charge in [-0.1, -0.05) is 5.21 Å². The highest BCUT2D eigenvalue weighted by atomic mass is 16.5. The Morgan fingerprint density at radius 1 is 1.29 bits per heavy atom. The molecule has 110 valence electrons. The Bertz CT molecular complexity index is 669. The minimum atomic E-state index is 0.208. The lowest BCUT2D eigenvalue weighted by Crippen LogP contribution is -2.48. The molecule has 2 aliphatic rings. The standard InChI is InChI=1S/C14H18N6O/c1-9-5-15-10(2)17-14(9)19-4-3-13-12(7-19)20-11(8-21-13)6-16-18-20/h5-6,12-13H,3-4,7-8H2,1-2H3/t12-,13-/m1/s1. The van der Waals surface area contributed by atoms with Gasteiger partial charge >= 0.3 is 0 Å². The SMILES string of the molecule is Cc1ncc(C)c(N2CC[C@H]3OCc4cnnn4[C@@H]3C2)n1. The van der Waals surface area contributed by atoms with Crippen molar-refractivity contribution >= 4 is 5.82 Å². The highest BCUT2D eigenvalue weighted by Gasteiger charge is 2.37. The van der Waals surface area contributed by atoms with Gasteiger partial charge in [-0.05, 0) is 20.3 Å². The third-order valence-electron chi connectivity index (χ3n) is 4.29. The van der Waals surface area contributed by atoms with Gasteiger partial charge in [0.15, 0.2) is 0 Å². The first-order chi connectivity index (χ1) is 10.2. The number of rotatable bonds is 1. The van der Waals surface area contributed by atoms with E-state index in [9.17, 15) is 0 Å². The average molecular weight is 286 g/mol. The van der Waals surface area contributed by atoms with Crippen molar-refractivity contribution in [1.82, 2.24) is 25.0 Å². The molecule has 0 spiro atoms. The summed E-state index contributed by atoms with van der Waals surface area (Å²) in [6, 6.07) is 0.208. The molecule has 0 aliphatic carbocycles. The number of aromatic nitrogens is 5. The Balaban J connectivity index is 1.65. The van der Waals surface area contributed by atoms with Crippen LogP contribution < -0.4 is 4.90 Å². The van der Waals surface area contributed by atoms with Gasteiger partial charge in [-0.25, -0.2) is 14.6 Å². The van der Waals surface area contributed by atoms with Gasteiger partial charge in [0, 0.05) is 24.8 Å². The molecule has 0 saturated carbocycles. The molecular weight excluding hydrogens is 268 g/mol. The molecule has 0 N–H and O–H groups in total. The maximum absolute atomic E-state index is 5.94. The van der Waals surface area contributed by atoms with Crippen molar-refractivity contribution in [3.8, 4) is 0 Å². The van der Waals surface area contributed by atoms with Crippen LogP contribution in [0.25, 0.3) is 0 Å². The van der Waals surface area contributed by atoms with Crippen molar-refractivity contribution in [2.75, 3.05) is 18.0 Å². The number of ether oxygens (including phenoxy) is 1. The minimum Gasteiger partial charge on any atom is -0.370 e. The molecule has 7 heteroatoms. The molecule has 7 nitrogen and oxygen atoms in total. The summed E-state index contributed by atoms with van der Waals surface area (Å²) in [4.78, 5) is 11.2. The van der Waals surface area contributed by atoms with Crippen LogP contribution in [0.3, 0.4) is 0 Å². The van der Waals surface area contributed by atoms with Crippen LogP contribution in [0.4, 0.5) is 5.82 Å². The van der Waals surface area contributed by atoms with Gasteiger partial charge in [0.1, 0.15) is 11.6 Å². The molecule has 0 bridgehead atoms. The zero-order chi connectivity index (χ0) is 14.4. The summed E-state index contributed by atoms with van der Waals surface area (Å²) < 4.78 is 7.96. The number of fused-ring (bicyclic) bond motifs is 3. The molecule has 0 amide bonds. The van der Waals surface area contributed by atoms with Crippen molar-refractivity contribution in [1.29, 1.82) is 0 Å². The van der Waals surface area contributed by atoms with Gasteiger partial charge in [-0.15, -0.1) is 5.10 Å². The largest absolute Gasteiger partial charge is 0.370 e. The Labute approximate surface area is 123 Å². The second-order valence-corrected chi connectivity index (χ2v) is 5.75. The molecule has 1 saturated heterocycles. The van der Waals surface area contributed by atoms with Crippen molar-refractivity contribution in [3.63, 3.8) is 0 Å². The predicted octanol–water partition coefficient (Wildman–Crippen LogP) is 1.04. The van der Waals surface area contributed by atoms with Gasteiger partial charge in [-0.3, -0.25) is 0 Å². The van der Waals surface area contributed by atoms with Gasteiger partial charge in [0.25, 0.3) is 0 Å². The van der Waals surface area contributed by atoms with Crippen LogP contribution in [0.2, 0.25) is 0 Å². The molecule has 1 fully saturated rings. The van der Waals surface area contributed by atoms with Crippen molar-refractivity contribution in [2.45, 2.75) is 39.0 Å². The predicted molar refractivity (Wildman–Crippen MR) is 76.0 cm³/mol. The topological polar surface area (TPSA) is 69.0 Å². The zero-order valence-electron chi connectivity index (χ0n) is 12.2. The van der Waals surface area contributed by atoms with Gasteiger partial charge in [0.05, 0.1) is 30.6 Å². The second kappa shape index (κ2) is 4.77. The van der Waals surface area contributed by atoms with E-state index in [0.29, 0.717) is 6.61 Å². The van der Waals surface area contributed by atoms with E-state index in [4.69, 9.17) is 4.74 Å². The minimum absolute atomic E-state index is 0.208. The van der Waals surface area contributed by atoms with Gasteiger partial charge in [-0.2, -0.15) is 0 Å². The first-order valence-corrected chi connectivity index (χ1v) is 7.28. The zero-order valence-corrected chi connectivity index (χ0v) is 12.2. The Kier molecular flexibility index (Phi) is 2.88.